The first-order chi connectivity index (χ1) is 11.9. The molecular formula is C16H21N3O6. The molecule has 9 heteroatoms. The van der Waals surface area contributed by atoms with Crippen LogP contribution in [0.15, 0.2) is 0 Å². The summed E-state index contributed by atoms with van der Waals surface area (Å²) in [7, 11) is 0. The van der Waals surface area contributed by atoms with Crippen LogP contribution in [0, 0.1) is 11.8 Å². The maximum atomic E-state index is 12.5. The Balaban J connectivity index is 1.58. The van der Waals surface area contributed by atoms with E-state index in [9.17, 15) is 24.0 Å². The Morgan fingerprint density at radius 2 is 1.76 bits per heavy atom. The first kappa shape index (κ1) is 17.4. The Bertz CT molecular complexity index is 609. The van der Waals surface area contributed by atoms with Gasteiger partial charge in [0.25, 0.3) is 5.91 Å². The minimum Gasteiger partial charge on any atom is -0.454 e. The molecule has 2 heterocycles. The molecule has 9 nitrogen and oxygen atoms in total. The van der Waals surface area contributed by atoms with Gasteiger partial charge in [0.15, 0.2) is 6.61 Å². The van der Waals surface area contributed by atoms with E-state index < -0.39 is 30.6 Å². The Hall–Kier alpha value is -2.45. The summed E-state index contributed by atoms with van der Waals surface area (Å²) < 4.78 is 4.93. The number of esters is 1. The normalized spacial score (nSPS) is 27.2. The van der Waals surface area contributed by atoms with Gasteiger partial charge in [-0.15, -0.1) is 0 Å². The molecule has 25 heavy (non-hydrogen) atoms. The fourth-order valence-electron chi connectivity index (χ4n) is 3.72. The van der Waals surface area contributed by atoms with Crippen molar-refractivity contribution < 1.29 is 28.7 Å². The van der Waals surface area contributed by atoms with E-state index in [2.05, 4.69) is 5.32 Å². The van der Waals surface area contributed by atoms with Crippen LogP contribution < -0.4 is 5.32 Å². The molecule has 3 atom stereocenters. The second kappa shape index (κ2) is 6.81. The zero-order chi connectivity index (χ0) is 18.1. The maximum Gasteiger partial charge on any atom is 0.329 e. The molecule has 2 aliphatic heterocycles. The van der Waals surface area contributed by atoms with E-state index in [1.807, 2.05) is 0 Å². The van der Waals surface area contributed by atoms with Crippen molar-refractivity contribution in [3.8, 4) is 0 Å². The monoisotopic (exact) mass is 351 g/mol. The van der Waals surface area contributed by atoms with E-state index in [1.54, 1.807) is 0 Å². The minimum atomic E-state index is -1.08. The van der Waals surface area contributed by atoms with Gasteiger partial charge in [-0.3, -0.25) is 24.2 Å². The van der Waals surface area contributed by atoms with Crippen LogP contribution >= 0.6 is 0 Å². The van der Waals surface area contributed by atoms with Crippen LogP contribution in [0.2, 0.25) is 0 Å². The average Bonchev–Trinajstić information content (AvgIpc) is 3.14. The number of imide groups is 2. The highest BCUT2D eigenvalue weighted by Crippen LogP contribution is 2.38. The predicted octanol–water partition coefficient (Wildman–Crippen LogP) is -0.355. The summed E-state index contributed by atoms with van der Waals surface area (Å²) in [6.45, 7) is 1.40. The van der Waals surface area contributed by atoms with Crippen molar-refractivity contribution in [3.05, 3.63) is 0 Å². The van der Waals surface area contributed by atoms with E-state index in [4.69, 9.17) is 4.74 Å². The SMILES string of the molecule is C[C@@H](C(=O)OCC(=O)N1CCNC1=O)N1C(=O)[C@H]2CCCC[C@H]2C1=O. The fraction of sp³-hybridized carbons (Fsp3) is 0.688. The largest absolute Gasteiger partial charge is 0.454 e. The van der Waals surface area contributed by atoms with Gasteiger partial charge < -0.3 is 10.1 Å². The van der Waals surface area contributed by atoms with E-state index in [1.165, 1.54) is 6.92 Å². The zero-order valence-corrected chi connectivity index (χ0v) is 14.0. The van der Waals surface area contributed by atoms with Crippen molar-refractivity contribution in [3.63, 3.8) is 0 Å². The molecule has 2 saturated heterocycles. The molecule has 3 rings (SSSR count). The molecule has 0 bridgehead atoms. The van der Waals surface area contributed by atoms with Crippen LogP contribution in [0.5, 0.6) is 0 Å². The van der Waals surface area contributed by atoms with Gasteiger partial charge in [0.1, 0.15) is 6.04 Å². The number of urea groups is 1. The smallest absolute Gasteiger partial charge is 0.329 e. The van der Waals surface area contributed by atoms with E-state index in [-0.39, 0.29) is 30.2 Å². The molecule has 0 aromatic heterocycles. The van der Waals surface area contributed by atoms with Crippen molar-refractivity contribution >= 4 is 29.7 Å². The number of hydrogen-bond donors (Lipinski definition) is 1. The molecule has 1 N–H and O–H groups in total. The van der Waals surface area contributed by atoms with Crippen LogP contribution in [0.3, 0.4) is 0 Å². The van der Waals surface area contributed by atoms with Gasteiger partial charge in [0.05, 0.1) is 11.8 Å². The molecule has 5 amide bonds. The summed E-state index contributed by atoms with van der Waals surface area (Å²) in [4.78, 5) is 62.3. The first-order valence-corrected chi connectivity index (χ1v) is 8.53. The molecule has 0 aromatic rings. The van der Waals surface area contributed by atoms with Gasteiger partial charge in [-0.1, -0.05) is 12.8 Å². The fourth-order valence-corrected chi connectivity index (χ4v) is 3.72. The summed E-state index contributed by atoms with van der Waals surface area (Å²) in [5, 5.41) is 2.47. The molecule has 1 saturated carbocycles. The van der Waals surface area contributed by atoms with Gasteiger partial charge in [-0.05, 0) is 19.8 Å². The van der Waals surface area contributed by atoms with Gasteiger partial charge in [0, 0.05) is 13.1 Å². The van der Waals surface area contributed by atoms with E-state index in [0.29, 0.717) is 19.4 Å². The lowest BCUT2D eigenvalue weighted by atomic mass is 9.81. The third-order valence-corrected chi connectivity index (χ3v) is 5.10. The third kappa shape index (κ3) is 3.10. The molecule has 136 valence electrons. The average molecular weight is 351 g/mol. The summed E-state index contributed by atoms with van der Waals surface area (Å²) in [5.74, 6) is -2.80. The lowest BCUT2D eigenvalue weighted by molar-refractivity contribution is -0.160. The number of carbonyl (C=O) groups is 5. The van der Waals surface area contributed by atoms with Crippen molar-refractivity contribution in [1.82, 2.24) is 15.1 Å². The summed E-state index contributed by atoms with van der Waals surface area (Å²) >= 11 is 0. The molecule has 3 aliphatic rings. The zero-order valence-electron chi connectivity index (χ0n) is 14.0. The summed E-state index contributed by atoms with van der Waals surface area (Å²) in [6, 6.07) is -1.60. The Morgan fingerprint density at radius 1 is 1.16 bits per heavy atom. The van der Waals surface area contributed by atoms with Crippen LogP contribution in [-0.4, -0.2) is 65.3 Å². The van der Waals surface area contributed by atoms with Crippen LogP contribution in [-0.2, 0) is 23.9 Å². The number of rotatable bonds is 4. The van der Waals surface area contributed by atoms with Gasteiger partial charge in [0.2, 0.25) is 11.8 Å². The van der Waals surface area contributed by atoms with Crippen LogP contribution in [0.1, 0.15) is 32.6 Å². The van der Waals surface area contributed by atoms with Crippen molar-refractivity contribution in [2.24, 2.45) is 11.8 Å². The molecular weight excluding hydrogens is 330 g/mol. The van der Waals surface area contributed by atoms with Crippen LogP contribution in [0.25, 0.3) is 0 Å². The molecule has 1 aliphatic carbocycles. The number of hydrogen-bond acceptors (Lipinski definition) is 6. The van der Waals surface area contributed by atoms with Crippen molar-refractivity contribution in [2.75, 3.05) is 19.7 Å². The maximum absolute atomic E-state index is 12.5. The quantitative estimate of drug-likeness (QED) is 0.547. The van der Waals surface area contributed by atoms with Crippen molar-refractivity contribution in [2.45, 2.75) is 38.6 Å². The Kier molecular flexibility index (Phi) is 4.73. The molecule has 0 radical (unpaired) electrons. The molecule has 3 fully saturated rings. The van der Waals surface area contributed by atoms with E-state index in [0.717, 1.165) is 22.6 Å². The van der Waals surface area contributed by atoms with Gasteiger partial charge in [-0.25, -0.2) is 9.59 Å². The highest BCUT2D eigenvalue weighted by atomic mass is 16.5. The van der Waals surface area contributed by atoms with E-state index >= 15 is 0 Å². The van der Waals surface area contributed by atoms with Gasteiger partial charge in [-0.2, -0.15) is 0 Å². The molecule has 0 aromatic carbocycles. The molecule has 0 spiro atoms. The minimum absolute atomic E-state index is 0.219. The first-order valence-electron chi connectivity index (χ1n) is 8.53. The highest BCUT2D eigenvalue weighted by molar-refractivity contribution is 6.08. The number of nitrogens with one attached hydrogen (secondary N) is 1. The van der Waals surface area contributed by atoms with Crippen molar-refractivity contribution in [1.29, 1.82) is 0 Å². The van der Waals surface area contributed by atoms with Crippen LogP contribution in [0.4, 0.5) is 4.79 Å². The number of fused-ring (bicyclic) bond motifs is 1. The Labute approximate surface area is 144 Å². The highest BCUT2D eigenvalue weighted by Gasteiger charge is 2.51. The number of ether oxygens (including phenoxy) is 1. The number of likely N-dealkylation sites (tertiary alicyclic amines) is 1. The third-order valence-electron chi connectivity index (χ3n) is 5.10. The topological polar surface area (TPSA) is 113 Å². The number of carbonyl (C=O) groups excluding carboxylic acids is 5. The predicted molar refractivity (Wildman–Crippen MR) is 82.8 cm³/mol. The summed E-state index contributed by atoms with van der Waals surface area (Å²) in [6.07, 6.45) is 3.13. The molecule has 0 unspecified atom stereocenters. The number of amides is 5. The lowest BCUT2D eigenvalue weighted by Crippen LogP contribution is -2.45. The lowest BCUT2D eigenvalue weighted by Gasteiger charge is -2.22. The van der Waals surface area contributed by atoms with Gasteiger partial charge >= 0.3 is 12.0 Å². The second-order valence-electron chi connectivity index (χ2n) is 6.60. The summed E-state index contributed by atoms with van der Waals surface area (Å²) in [5.41, 5.74) is 0. The Morgan fingerprint density at radius 3 is 2.28 bits per heavy atom. The number of nitrogens with zero attached hydrogens (tertiary/aromatic N) is 2. The standard InChI is InChI=1S/C16H21N3O6/c1-9(15(23)25-8-12(20)18-7-6-17-16(18)24)19-13(21)10-4-2-3-5-11(10)14(19)22/h9-11H,2-8H2,1H3,(H,17,24)/t9-,10-,11+/m0/s1. The second-order valence-corrected chi connectivity index (χ2v) is 6.60.